The van der Waals surface area contributed by atoms with Crippen molar-refractivity contribution >= 4 is 17.9 Å². The zero-order valence-electron chi connectivity index (χ0n) is 10.0. The lowest BCUT2D eigenvalue weighted by Gasteiger charge is -2.25. The molecule has 1 aromatic heterocycles. The molecule has 0 saturated carbocycles. The molecule has 0 radical (unpaired) electrons. The highest BCUT2D eigenvalue weighted by atomic mass is 16.5. The maximum absolute atomic E-state index is 10.9. The molecule has 4 nitrogen and oxygen atoms in total. The van der Waals surface area contributed by atoms with Gasteiger partial charge in [0.2, 0.25) is 0 Å². The van der Waals surface area contributed by atoms with Crippen molar-refractivity contribution in [1.29, 1.82) is 0 Å². The molecule has 0 atom stereocenters. The third-order valence-electron chi connectivity index (χ3n) is 2.87. The van der Waals surface area contributed by atoms with Crippen LogP contribution in [-0.4, -0.2) is 26.2 Å². The summed E-state index contributed by atoms with van der Waals surface area (Å²) in [6.45, 7) is 2.10. The monoisotopic (exact) mass is 235 g/mol. The molecule has 0 unspecified atom stereocenters. The van der Waals surface area contributed by atoms with Crippen LogP contribution in [0.3, 0.4) is 0 Å². The van der Waals surface area contributed by atoms with Crippen molar-refractivity contribution < 1.29 is 13.9 Å². The first kappa shape index (κ1) is 11.8. The molecule has 0 N–H and O–H groups in total. The summed E-state index contributed by atoms with van der Waals surface area (Å²) in [6.07, 6.45) is 6.71. The van der Waals surface area contributed by atoms with E-state index < -0.39 is 0 Å². The summed E-state index contributed by atoms with van der Waals surface area (Å²) < 4.78 is 10.2. The molecular formula is C13H17NO3. The van der Waals surface area contributed by atoms with Crippen molar-refractivity contribution in [1.82, 2.24) is 0 Å². The number of nitrogens with zero attached hydrogens (tertiary/aromatic N) is 1. The first-order chi connectivity index (χ1) is 8.29. The highest BCUT2D eigenvalue weighted by molar-refractivity contribution is 5.86. The van der Waals surface area contributed by atoms with Gasteiger partial charge in [-0.05, 0) is 31.4 Å². The lowest BCUT2D eigenvalue weighted by molar-refractivity contribution is -0.134. The van der Waals surface area contributed by atoms with Crippen LogP contribution < -0.4 is 4.90 Å². The Hall–Kier alpha value is -1.71. The quantitative estimate of drug-likeness (QED) is 0.596. The summed E-state index contributed by atoms with van der Waals surface area (Å²) in [5, 5.41) is 0. The molecule has 1 saturated heterocycles. The average molecular weight is 235 g/mol. The first-order valence-corrected chi connectivity index (χ1v) is 5.90. The zero-order valence-corrected chi connectivity index (χ0v) is 10.0. The standard InChI is InChI=1S/C13H17NO3/c1-16-13(15)8-6-11-5-7-12(17-11)14-9-3-2-4-10-14/h5-8H,2-4,9-10H2,1H3/b8-6+. The van der Waals surface area contributed by atoms with E-state index in [2.05, 4.69) is 9.64 Å². The Balaban J connectivity index is 2.00. The van der Waals surface area contributed by atoms with Gasteiger partial charge in [-0.15, -0.1) is 0 Å². The molecular weight excluding hydrogens is 218 g/mol. The van der Waals surface area contributed by atoms with E-state index in [9.17, 15) is 4.79 Å². The number of esters is 1. The fourth-order valence-electron chi connectivity index (χ4n) is 1.93. The molecule has 1 aromatic rings. The van der Waals surface area contributed by atoms with Gasteiger partial charge in [-0.3, -0.25) is 0 Å². The van der Waals surface area contributed by atoms with Crippen molar-refractivity contribution in [2.75, 3.05) is 25.1 Å². The molecule has 4 heteroatoms. The second kappa shape index (κ2) is 5.57. The molecule has 1 aliphatic rings. The SMILES string of the molecule is COC(=O)/C=C/c1ccc(N2CCCCC2)o1. The molecule has 0 amide bonds. The Morgan fingerprint density at radius 1 is 1.35 bits per heavy atom. The van der Waals surface area contributed by atoms with Crippen LogP contribution in [0.4, 0.5) is 5.88 Å². The van der Waals surface area contributed by atoms with E-state index in [1.54, 1.807) is 6.08 Å². The first-order valence-electron chi connectivity index (χ1n) is 5.90. The van der Waals surface area contributed by atoms with Crippen LogP contribution >= 0.6 is 0 Å². The number of carbonyl (C=O) groups is 1. The van der Waals surface area contributed by atoms with Crippen LogP contribution in [0, 0.1) is 0 Å². The average Bonchev–Trinajstić information content (AvgIpc) is 2.86. The second-order valence-electron chi connectivity index (χ2n) is 4.08. The van der Waals surface area contributed by atoms with E-state index in [1.807, 2.05) is 12.1 Å². The second-order valence-corrected chi connectivity index (χ2v) is 4.08. The van der Waals surface area contributed by atoms with Crippen molar-refractivity contribution in [3.8, 4) is 0 Å². The fraction of sp³-hybridized carbons (Fsp3) is 0.462. The number of carbonyl (C=O) groups excluding carboxylic acids is 1. The van der Waals surface area contributed by atoms with Gasteiger partial charge in [-0.1, -0.05) is 0 Å². The van der Waals surface area contributed by atoms with E-state index in [1.165, 1.54) is 32.4 Å². The number of methoxy groups -OCH3 is 1. The van der Waals surface area contributed by atoms with Gasteiger partial charge in [0.1, 0.15) is 5.76 Å². The van der Waals surface area contributed by atoms with Crippen LogP contribution in [0.25, 0.3) is 6.08 Å². The molecule has 2 heterocycles. The predicted octanol–water partition coefficient (Wildman–Crippen LogP) is 2.46. The van der Waals surface area contributed by atoms with E-state index >= 15 is 0 Å². The number of furan rings is 1. The fourth-order valence-corrected chi connectivity index (χ4v) is 1.93. The Kier molecular flexibility index (Phi) is 3.85. The molecule has 2 rings (SSSR count). The summed E-state index contributed by atoms with van der Waals surface area (Å²) in [5.41, 5.74) is 0. The number of anilines is 1. The third kappa shape index (κ3) is 3.12. The predicted molar refractivity (Wildman–Crippen MR) is 65.8 cm³/mol. The van der Waals surface area contributed by atoms with Crippen LogP contribution in [-0.2, 0) is 9.53 Å². The number of hydrogen-bond acceptors (Lipinski definition) is 4. The maximum atomic E-state index is 10.9. The Morgan fingerprint density at radius 2 is 2.12 bits per heavy atom. The minimum Gasteiger partial charge on any atom is -0.466 e. The maximum Gasteiger partial charge on any atom is 0.330 e. The molecule has 0 spiro atoms. The van der Waals surface area contributed by atoms with Crippen molar-refractivity contribution in [3.63, 3.8) is 0 Å². The van der Waals surface area contributed by atoms with Gasteiger partial charge >= 0.3 is 5.97 Å². The highest BCUT2D eigenvalue weighted by Gasteiger charge is 2.13. The van der Waals surface area contributed by atoms with Gasteiger partial charge in [0, 0.05) is 25.2 Å². The lowest BCUT2D eigenvalue weighted by Crippen LogP contribution is -2.28. The third-order valence-corrected chi connectivity index (χ3v) is 2.87. The largest absolute Gasteiger partial charge is 0.466 e. The number of piperidine rings is 1. The van der Waals surface area contributed by atoms with Crippen molar-refractivity contribution in [2.45, 2.75) is 19.3 Å². The summed E-state index contributed by atoms with van der Waals surface area (Å²) in [4.78, 5) is 13.2. The van der Waals surface area contributed by atoms with Crippen LogP contribution in [0.2, 0.25) is 0 Å². The molecule has 1 aliphatic heterocycles. The minimum atomic E-state index is -0.374. The lowest BCUT2D eigenvalue weighted by atomic mass is 10.1. The van der Waals surface area contributed by atoms with Crippen molar-refractivity contribution in [2.24, 2.45) is 0 Å². The molecule has 1 fully saturated rings. The Bertz CT molecular complexity index is 403. The molecule has 17 heavy (non-hydrogen) atoms. The normalized spacial score (nSPS) is 16.4. The molecule has 92 valence electrons. The van der Waals surface area contributed by atoms with Crippen molar-refractivity contribution in [3.05, 3.63) is 24.0 Å². The van der Waals surface area contributed by atoms with Gasteiger partial charge in [-0.2, -0.15) is 0 Å². The topological polar surface area (TPSA) is 42.7 Å². The molecule has 0 aromatic carbocycles. The number of hydrogen-bond donors (Lipinski definition) is 0. The smallest absolute Gasteiger partial charge is 0.330 e. The highest BCUT2D eigenvalue weighted by Crippen LogP contribution is 2.22. The van der Waals surface area contributed by atoms with Crippen LogP contribution in [0.1, 0.15) is 25.0 Å². The number of rotatable bonds is 3. The summed E-state index contributed by atoms with van der Waals surface area (Å²) in [6, 6.07) is 3.81. The Labute approximate surface area is 101 Å². The van der Waals surface area contributed by atoms with E-state index in [0.29, 0.717) is 5.76 Å². The molecule has 0 bridgehead atoms. The Morgan fingerprint density at radius 3 is 2.82 bits per heavy atom. The van der Waals surface area contributed by atoms with Crippen LogP contribution in [0.5, 0.6) is 0 Å². The summed E-state index contributed by atoms with van der Waals surface area (Å²) in [7, 11) is 1.36. The number of ether oxygens (including phenoxy) is 1. The van der Waals surface area contributed by atoms with E-state index in [-0.39, 0.29) is 5.97 Å². The zero-order chi connectivity index (χ0) is 12.1. The van der Waals surface area contributed by atoms with Gasteiger partial charge in [0.15, 0.2) is 5.88 Å². The van der Waals surface area contributed by atoms with Gasteiger partial charge in [0.05, 0.1) is 7.11 Å². The molecule has 0 aliphatic carbocycles. The minimum absolute atomic E-state index is 0.374. The van der Waals surface area contributed by atoms with E-state index in [4.69, 9.17) is 4.42 Å². The van der Waals surface area contributed by atoms with E-state index in [0.717, 1.165) is 19.0 Å². The van der Waals surface area contributed by atoms with Gasteiger partial charge in [-0.25, -0.2) is 4.79 Å². The van der Waals surface area contributed by atoms with Gasteiger partial charge in [0.25, 0.3) is 0 Å². The summed E-state index contributed by atoms with van der Waals surface area (Å²) in [5.74, 6) is 1.19. The summed E-state index contributed by atoms with van der Waals surface area (Å²) >= 11 is 0. The van der Waals surface area contributed by atoms with Crippen LogP contribution in [0.15, 0.2) is 22.6 Å². The van der Waals surface area contributed by atoms with Gasteiger partial charge < -0.3 is 14.1 Å².